The fourth-order valence-corrected chi connectivity index (χ4v) is 8.93. The average molecular weight is 403 g/mol. The number of hydrogen-bond donors (Lipinski definition) is 0. The molecule has 3 aromatic carbocycles. The molecule has 128 valence electrons. The third-order valence-electron chi connectivity index (χ3n) is 4.47. The van der Waals surface area contributed by atoms with Crippen molar-refractivity contribution in [1.82, 2.24) is 0 Å². The van der Waals surface area contributed by atoms with Gasteiger partial charge in [0.1, 0.15) is 0 Å². The first-order valence-electron chi connectivity index (χ1n) is 8.34. The standard InChI is InChI=1S/C22H18GeO3/c1-23(20(24)17-11-5-2-6-12-17,21(25)18-13-7-3-8-14-18)22(26)19-15-9-4-10-16-19/h2-16H,1H3. The number of carbonyl (C=O) groups excluding carboxylic acids is 3. The van der Waals surface area contributed by atoms with Crippen molar-refractivity contribution in [1.29, 1.82) is 0 Å². The summed E-state index contributed by atoms with van der Waals surface area (Å²) in [7, 11) is 0. The van der Waals surface area contributed by atoms with Crippen LogP contribution in [0.2, 0.25) is 5.76 Å². The number of hydrogen-bond acceptors (Lipinski definition) is 3. The van der Waals surface area contributed by atoms with Gasteiger partial charge >= 0.3 is 155 Å². The van der Waals surface area contributed by atoms with Gasteiger partial charge in [-0.1, -0.05) is 0 Å². The van der Waals surface area contributed by atoms with E-state index in [0.717, 1.165) is 0 Å². The maximum absolute atomic E-state index is 13.3. The van der Waals surface area contributed by atoms with Crippen molar-refractivity contribution >= 4 is 27.1 Å². The third kappa shape index (κ3) is 3.30. The summed E-state index contributed by atoms with van der Waals surface area (Å²) >= 11 is -4.35. The molecule has 3 nitrogen and oxygen atoms in total. The molecular weight excluding hydrogens is 385 g/mol. The van der Waals surface area contributed by atoms with Crippen LogP contribution in [0.25, 0.3) is 0 Å². The minimum absolute atomic E-state index is 0.312. The molecule has 26 heavy (non-hydrogen) atoms. The molecule has 0 atom stereocenters. The van der Waals surface area contributed by atoms with Crippen LogP contribution < -0.4 is 0 Å². The van der Waals surface area contributed by atoms with Crippen LogP contribution in [0.1, 0.15) is 31.1 Å². The Labute approximate surface area is 155 Å². The zero-order chi connectivity index (χ0) is 18.6. The second kappa shape index (κ2) is 7.62. The molecule has 0 heterocycles. The molecule has 0 aromatic heterocycles. The summed E-state index contributed by atoms with van der Waals surface area (Å²) in [6.45, 7) is 0. The topological polar surface area (TPSA) is 51.2 Å². The first kappa shape index (κ1) is 18.0. The van der Waals surface area contributed by atoms with E-state index in [1.54, 1.807) is 96.8 Å². The Bertz CT molecular complexity index is 810. The monoisotopic (exact) mass is 404 g/mol. The fraction of sp³-hybridized carbons (Fsp3) is 0.0455. The van der Waals surface area contributed by atoms with Crippen LogP contribution in [0.5, 0.6) is 0 Å². The molecule has 0 amide bonds. The van der Waals surface area contributed by atoms with Crippen LogP contribution in [-0.4, -0.2) is 27.1 Å². The predicted octanol–water partition coefficient (Wildman–Crippen LogP) is 4.33. The molecule has 0 radical (unpaired) electrons. The Hall–Kier alpha value is -2.79. The molecule has 0 saturated carbocycles. The van der Waals surface area contributed by atoms with Crippen molar-refractivity contribution in [2.24, 2.45) is 0 Å². The zero-order valence-electron chi connectivity index (χ0n) is 14.4. The van der Waals surface area contributed by atoms with Gasteiger partial charge in [0.15, 0.2) is 0 Å². The van der Waals surface area contributed by atoms with Gasteiger partial charge in [-0.2, -0.15) is 0 Å². The van der Waals surface area contributed by atoms with Crippen molar-refractivity contribution in [2.75, 3.05) is 0 Å². The average Bonchev–Trinajstić information content (AvgIpc) is 2.73. The Morgan fingerprint density at radius 3 is 0.962 bits per heavy atom. The molecule has 4 heteroatoms. The van der Waals surface area contributed by atoms with E-state index in [0.29, 0.717) is 16.7 Å². The van der Waals surface area contributed by atoms with Gasteiger partial charge < -0.3 is 0 Å². The summed E-state index contributed by atoms with van der Waals surface area (Å²) in [6, 6.07) is 25.9. The summed E-state index contributed by atoms with van der Waals surface area (Å²) in [5.74, 6) is 1.61. The van der Waals surface area contributed by atoms with Crippen molar-refractivity contribution in [3.05, 3.63) is 108 Å². The predicted molar refractivity (Wildman–Crippen MR) is 104 cm³/mol. The maximum atomic E-state index is 13.3. The molecule has 0 bridgehead atoms. The number of benzene rings is 3. The van der Waals surface area contributed by atoms with Gasteiger partial charge in [0, 0.05) is 0 Å². The number of rotatable bonds is 6. The molecule has 3 rings (SSSR count). The van der Waals surface area contributed by atoms with E-state index >= 15 is 0 Å². The molecule has 3 aromatic rings. The second-order valence-electron chi connectivity index (χ2n) is 6.21. The van der Waals surface area contributed by atoms with Gasteiger partial charge in [-0.05, 0) is 0 Å². The quantitative estimate of drug-likeness (QED) is 0.576. The van der Waals surface area contributed by atoms with Crippen molar-refractivity contribution < 1.29 is 14.4 Å². The van der Waals surface area contributed by atoms with Gasteiger partial charge in [0.2, 0.25) is 0 Å². The second-order valence-corrected chi connectivity index (χ2v) is 13.8. The van der Waals surface area contributed by atoms with Crippen molar-refractivity contribution in [3.63, 3.8) is 0 Å². The van der Waals surface area contributed by atoms with E-state index in [4.69, 9.17) is 0 Å². The van der Waals surface area contributed by atoms with Crippen LogP contribution in [-0.2, 0) is 0 Å². The Kier molecular flexibility index (Phi) is 5.28. The van der Waals surface area contributed by atoms with Crippen LogP contribution in [0.15, 0.2) is 91.0 Å². The summed E-state index contributed by atoms with van der Waals surface area (Å²) < 4.78 is -0.935. The first-order chi connectivity index (χ1) is 12.5. The molecule has 0 N–H and O–H groups in total. The van der Waals surface area contributed by atoms with E-state index in [-0.39, 0.29) is 13.8 Å². The normalized spacial score (nSPS) is 11.0. The minimum atomic E-state index is -4.35. The van der Waals surface area contributed by atoms with Gasteiger partial charge in [-0.3, -0.25) is 0 Å². The molecule has 0 aliphatic heterocycles. The van der Waals surface area contributed by atoms with Crippen LogP contribution in [0, 0.1) is 0 Å². The third-order valence-corrected chi connectivity index (χ3v) is 12.0. The summed E-state index contributed by atoms with van der Waals surface area (Å²) in [5, 5.41) is 0. The Balaban J connectivity index is 2.14. The van der Waals surface area contributed by atoms with E-state index in [1.807, 2.05) is 0 Å². The Morgan fingerprint density at radius 2 is 0.731 bits per heavy atom. The molecule has 0 spiro atoms. The van der Waals surface area contributed by atoms with Crippen molar-refractivity contribution in [3.8, 4) is 0 Å². The van der Waals surface area contributed by atoms with Gasteiger partial charge in [0.25, 0.3) is 0 Å². The molecule has 0 fully saturated rings. The van der Waals surface area contributed by atoms with E-state index < -0.39 is 13.3 Å². The first-order valence-corrected chi connectivity index (χ1v) is 13.6. The summed E-state index contributed by atoms with van der Waals surface area (Å²) in [6.07, 6.45) is 0. The summed E-state index contributed by atoms with van der Waals surface area (Å²) in [5.41, 5.74) is 1.26. The Morgan fingerprint density at radius 1 is 0.500 bits per heavy atom. The number of carbonyl (C=O) groups is 3. The van der Waals surface area contributed by atoms with E-state index in [9.17, 15) is 14.4 Å². The molecule has 0 saturated heterocycles. The van der Waals surface area contributed by atoms with Crippen molar-refractivity contribution in [2.45, 2.75) is 5.76 Å². The van der Waals surface area contributed by atoms with Crippen LogP contribution in [0.3, 0.4) is 0 Å². The van der Waals surface area contributed by atoms with E-state index in [1.165, 1.54) is 0 Å². The SMILES string of the molecule is [CH3][Ge]([C](=O)c1ccccc1)([C](=O)c1ccccc1)[C](=O)c1ccccc1. The van der Waals surface area contributed by atoms with Crippen LogP contribution in [0.4, 0.5) is 0 Å². The van der Waals surface area contributed by atoms with Gasteiger partial charge in [0.05, 0.1) is 0 Å². The van der Waals surface area contributed by atoms with Crippen LogP contribution >= 0.6 is 0 Å². The zero-order valence-corrected chi connectivity index (χ0v) is 16.5. The molecule has 0 aliphatic carbocycles. The fourth-order valence-electron chi connectivity index (χ4n) is 2.94. The van der Waals surface area contributed by atoms with Gasteiger partial charge in [-0.25, -0.2) is 0 Å². The van der Waals surface area contributed by atoms with E-state index in [2.05, 4.69) is 0 Å². The molecule has 0 unspecified atom stereocenters. The molecular formula is C22H18GeO3. The summed E-state index contributed by atoms with van der Waals surface area (Å²) in [4.78, 5) is 40.0. The molecule has 0 aliphatic rings. The van der Waals surface area contributed by atoms with Gasteiger partial charge in [-0.15, -0.1) is 0 Å².